The maximum atomic E-state index is 13.2. The number of aromatic nitrogens is 3. The molecule has 104 valence electrons. The van der Waals surface area contributed by atoms with Gasteiger partial charge in [0.2, 0.25) is 0 Å². The number of thiazole rings is 1. The van der Waals surface area contributed by atoms with Crippen LogP contribution in [0.1, 0.15) is 10.5 Å². The molecule has 0 aliphatic carbocycles. The molecule has 0 saturated carbocycles. The van der Waals surface area contributed by atoms with Gasteiger partial charge in [-0.05, 0) is 18.2 Å². The molecule has 3 aromatic rings. The predicted molar refractivity (Wildman–Crippen MR) is 75.5 cm³/mol. The average molecular weight is 301 g/mol. The normalized spacial score (nSPS) is 10.5. The van der Waals surface area contributed by atoms with Gasteiger partial charge in [-0.1, -0.05) is 6.07 Å². The summed E-state index contributed by atoms with van der Waals surface area (Å²) < 4.78 is 13.2. The maximum Gasteiger partial charge on any atom is 0.354 e. The van der Waals surface area contributed by atoms with E-state index in [2.05, 4.69) is 15.0 Å². The number of rotatable bonds is 3. The maximum absolute atomic E-state index is 13.2. The van der Waals surface area contributed by atoms with Crippen LogP contribution in [0.2, 0.25) is 0 Å². The van der Waals surface area contributed by atoms with Gasteiger partial charge in [-0.25, -0.2) is 19.2 Å². The molecule has 3 rings (SSSR count). The molecule has 0 amide bonds. The first-order valence-corrected chi connectivity index (χ1v) is 6.72. The van der Waals surface area contributed by atoms with Gasteiger partial charge in [0.15, 0.2) is 0 Å². The fourth-order valence-corrected chi connectivity index (χ4v) is 2.61. The van der Waals surface area contributed by atoms with Crippen LogP contribution in [0, 0.1) is 5.82 Å². The molecule has 0 fully saturated rings. The average Bonchev–Trinajstić information content (AvgIpc) is 2.97. The Morgan fingerprint density at radius 3 is 2.86 bits per heavy atom. The highest BCUT2D eigenvalue weighted by atomic mass is 32.1. The molecule has 7 heteroatoms. The van der Waals surface area contributed by atoms with Crippen LogP contribution >= 0.6 is 11.3 Å². The van der Waals surface area contributed by atoms with E-state index >= 15 is 0 Å². The summed E-state index contributed by atoms with van der Waals surface area (Å²) in [5.41, 5.74) is 1.05. The van der Waals surface area contributed by atoms with E-state index in [-0.39, 0.29) is 5.69 Å². The van der Waals surface area contributed by atoms with Crippen LogP contribution in [0.25, 0.3) is 21.1 Å². The molecule has 0 aliphatic rings. The van der Waals surface area contributed by atoms with Gasteiger partial charge in [-0.15, -0.1) is 11.3 Å². The molecule has 0 unspecified atom stereocenters. The first-order chi connectivity index (χ1) is 10.1. The summed E-state index contributed by atoms with van der Waals surface area (Å²) in [6, 6.07) is 6.09. The lowest BCUT2D eigenvalue weighted by atomic mass is 10.3. The van der Waals surface area contributed by atoms with Gasteiger partial charge >= 0.3 is 5.97 Å². The zero-order chi connectivity index (χ0) is 14.8. The Morgan fingerprint density at radius 1 is 1.24 bits per heavy atom. The highest BCUT2D eigenvalue weighted by Gasteiger charge is 2.11. The number of carbonyl (C=O) groups is 1. The second kappa shape index (κ2) is 5.37. The van der Waals surface area contributed by atoms with Crippen molar-refractivity contribution in [1.82, 2.24) is 15.0 Å². The Balaban J connectivity index is 1.98. The Labute approximate surface area is 122 Å². The molecule has 0 saturated heterocycles. The third-order valence-corrected chi connectivity index (χ3v) is 3.75. The van der Waals surface area contributed by atoms with Gasteiger partial charge < -0.3 is 5.11 Å². The SMILES string of the molecule is O=C(O)c1cccc(-c2cnc(-c3cncc(F)c3)s2)n1. The molecule has 0 spiro atoms. The summed E-state index contributed by atoms with van der Waals surface area (Å²) in [7, 11) is 0. The summed E-state index contributed by atoms with van der Waals surface area (Å²) in [4.78, 5) is 23.7. The van der Waals surface area contributed by atoms with Crippen molar-refractivity contribution < 1.29 is 14.3 Å². The van der Waals surface area contributed by atoms with Gasteiger partial charge in [-0.3, -0.25) is 4.98 Å². The minimum atomic E-state index is -1.09. The van der Waals surface area contributed by atoms with Gasteiger partial charge in [0.25, 0.3) is 0 Å². The Morgan fingerprint density at radius 2 is 2.10 bits per heavy atom. The van der Waals surface area contributed by atoms with Crippen molar-refractivity contribution in [2.24, 2.45) is 0 Å². The van der Waals surface area contributed by atoms with E-state index in [9.17, 15) is 9.18 Å². The summed E-state index contributed by atoms with van der Waals surface area (Å²) in [6.07, 6.45) is 4.22. The van der Waals surface area contributed by atoms with E-state index in [1.807, 2.05) is 0 Å². The van der Waals surface area contributed by atoms with Crippen LogP contribution in [-0.4, -0.2) is 26.0 Å². The van der Waals surface area contributed by atoms with Gasteiger partial charge in [0, 0.05) is 18.0 Å². The van der Waals surface area contributed by atoms with E-state index in [1.165, 1.54) is 29.7 Å². The van der Waals surface area contributed by atoms with E-state index in [0.717, 1.165) is 6.20 Å². The van der Waals surface area contributed by atoms with Crippen LogP contribution in [0.5, 0.6) is 0 Å². The number of hydrogen-bond donors (Lipinski definition) is 1. The van der Waals surface area contributed by atoms with Crippen molar-refractivity contribution >= 4 is 17.3 Å². The standard InChI is InChI=1S/C14H8FN3O2S/c15-9-4-8(5-16-6-9)13-17-7-12(21-13)10-2-1-3-11(18-10)14(19)20/h1-7H,(H,19,20). The van der Waals surface area contributed by atoms with Crippen molar-refractivity contribution in [3.63, 3.8) is 0 Å². The van der Waals surface area contributed by atoms with Crippen molar-refractivity contribution in [3.8, 4) is 21.1 Å². The van der Waals surface area contributed by atoms with Crippen LogP contribution < -0.4 is 0 Å². The minimum Gasteiger partial charge on any atom is -0.477 e. The topological polar surface area (TPSA) is 76.0 Å². The van der Waals surface area contributed by atoms with Crippen LogP contribution in [-0.2, 0) is 0 Å². The van der Waals surface area contributed by atoms with Crippen molar-refractivity contribution in [2.75, 3.05) is 0 Å². The first-order valence-electron chi connectivity index (χ1n) is 5.91. The van der Waals surface area contributed by atoms with Crippen LogP contribution in [0.3, 0.4) is 0 Å². The van der Waals surface area contributed by atoms with E-state index in [0.29, 0.717) is 21.1 Å². The molecule has 3 aromatic heterocycles. The fourth-order valence-electron chi connectivity index (χ4n) is 1.75. The van der Waals surface area contributed by atoms with Crippen molar-refractivity contribution in [2.45, 2.75) is 0 Å². The monoisotopic (exact) mass is 301 g/mol. The molecule has 0 radical (unpaired) electrons. The highest BCUT2D eigenvalue weighted by molar-refractivity contribution is 7.18. The Hall–Kier alpha value is -2.67. The van der Waals surface area contributed by atoms with Crippen molar-refractivity contribution in [3.05, 3.63) is 54.4 Å². The first kappa shape index (κ1) is 13.3. The molecular formula is C14H8FN3O2S. The number of nitrogens with zero attached hydrogens (tertiary/aromatic N) is 3. The Kier molecular flexibility index (Phi) is 3.41. The fraction of sp³-hybridized carbons (Fsp3) is 0. The highest BCUT2D eigenvalue weighted by Crippen LogP contribution is 2.30. The molecule has 0 bridgehead atoms. The summed E-state index contributed by atoms with van der Waals surface area (Å²) >= 11 is 1.29. The van der Waals surface area contributed by atoms with Crippen LogP contribution in [0.15, 0.2) is 42.9 Å². The summed E-state index contributed by atoms with van der Waals surface area (Å²) in [6.45, 7) is 0. The lowest BCUT2D eigenvalue weighted by Gasteiger charge is -1.98. The summed E-state index contributed by atoms with van der Waals surface area (Å²) in [5, 5.41) is 9.54. The van der Waals surface area contributed by atoms with E-state index in [4.69, 9.17) is 5.11 Å². The minimum absolute atomic E-state index is 0.0325. The number of carboxylic acid groups (broad SMARTS) is 1. The smallest absolute Gasteiger partial charge is 0.354 e. The molecule has 21 heavy (non-hydrogen) atoms. The Bertz CT molecular complexity index is 819. The lowest BCUT2D eigenvalue weighted by molar-refractivity contribution is 0.0690. The summed E-state index contributed by atoms with van der Waals surface area (Å²) in [5.74, 6) is -1.52. The second-order valence-electron chi connectivity index (χ2n) is 4.13. The van der Waals surface area contributed by atoms with Crippen molar-refractivity contribution in [1.29, 1.82) is 0 Å². The molecule has 5 nitrogen and oxygen atoms in total. The van der Waals surface area contributed by atoms with E-state index in [1.54, 1.807) is 18.3 Å². The molecule has 1 N–H and O–H groups in total. The molecule has 0 aliphatic heterocycles. The van der Waals surface area contributed by atoms with E-state index < -0.39 is 11.8 Å². The molecule has 0 aromatic carbocycles. The molecular weight excluding hydrogens is 293 g/mol. The predicted octanol–water partition coefficient (Wildman–Crippen LogP) is 3.10. The zero-order valence-electron chi connectivity index (χ0n) is 10.5. The number of carboxylic acids is 1. The molecule has 3 heterocycles. The quantitative estimate of drug-likeness (QED) is 0.804. The second-order valence-corrected chi connectivity index (χ2v) is 5.17. The largest absolute Gasteiger partial charge is 0.477 e. The third-order valence-electron chi connectivity index (χ3n) is 2.68. The zero-order valence-corrected chi connectivity index (χ0v) is 11.3. The number of halogens is 1. The van der Waals surface area contributed by atoms with Crippen LogP contribution in [0.4, 0.5) is 4.39 Å². The lowest BCUT2D eigenvalue weighted by Crippen LogP contribution is -1.99. The van der Waals surface area contributed by atoms with Gasteiger partial charge in [0.05, 0.1) is 16.8 Å². The number of pyridine rings is 2. The molecule has 0 atom stereocenters. The van der Waals surface area contributed by atoms with Gasteiger partial charge in [0.1, 0.15) is 16.5 Å². The number of aromatic carboxylic acids is 1. The third kappa shape index (κ3) is 2.77. The number of hydrogen-bond acceptors (Lipinski definition) is 5. The van der Waals surface area contributed by atoms with Gasteiger partial charge in [-0.2, -0.15) is 0 Å².